The van der Waals surface area contributed by atoms with E-state index < -0.39 is 12.1 Å². The molecule has 5 nitrogen and oxygen atoms in total. The topological polar surface area (TPSA) is 75.6 Å². The van der Waals surface area contributed by atoms with E-state index in [2.05, 4.69) is 5.32 Å². The molecular weight excluding hydrogens is 234 g/mol. The molecule has 5 heteroatoms. The first-order valence-electron chi connectivity index (χ1n) is 5.56. The van der Waals surface area contributed by atoms with E-state index in [4.69, 9.17) is 9.84 Å². The van der Waals surface area contributed by atoms with E-state index in [1.165, 1.54) is 0 Å². The van der Waals surface area contributed by atoms with Gasteiger partial charge in [0.25, 0.3) is 5.91 Å². The van der Waals surface area contributed by atoms with Crippen LogP contribution in [-0.4, -0.2) is 23.1 Å². The molecule has 1 aromatic carbocycles. The summed E-state index contributed by atoms with van der Waals surface area (Å²) in [4.78, 5) is 21.8. The van der Waals surface area contributed by atoms with Gasteiger partial charge in [-0.3, -0.25) is 4.79 Å². The fourth-order valence-electron chi connectivity index (χ4n) is 1.68. The minimum absolute atomic E-state index is 0.180. The Kier molecular flexibility index (Phi) is 3.32. The smallest absolute Gasteiger partial charge is 0.327 e. The number of fused-ring (bicyclic) bond motifs is 1. The summed E-state index contributed by atoms with van der Waals surface area (Å²) < 4.78 is 5.42. The maximum Gasteiger partial charge on any atom is 0.327 e. The second-order valence-electron chi connectivity index (χ2n) is 4.02. The van der Waals surface area contributed by atoms with Crippen molar-refractivity contribution < 1.29 is 19.4 Å². The van der Waals surface area contributed by atoms with Crippen molar-refractivity contribution in [1.82, 2.24) is 0 Å². The fraction of sp³-hybridized carbons (Fsp3) is 0.231. The van der Waals surface area contributed by atoms with E-state index in [9.17, 15) is 9.59 Å². The normalized spacial score (nSPS) is 18.1. The zero-order chi connectivity index (χ0) is 13.1. The third-order valence-corrected chi connectivity index (χ3v) is 2.59. The summed E-state index contributed by atoms with van der Waals surface area (Å²) in [5.41, 5.74) is 1.53. The molecule has 1 aliphatic rings. The van der Waals surface area contributed by atoms with Crippen molar-refractivity contribution in [3.8, 4) is 5.75 Å². The summed E-state index contributed by atoms with van der Waals surface area (Å²) in [6.07, 6.45) is 2.65. The third kappa shape index (κ3) is 2.68. The summed E-state index contributed by atoms with van der Waals surface area (Å²) in [6.45, 7) is 1.68. The summed E-state index contributed by atoms with van der Waals surface area (Å²) in [5.74, 6) is -0.521. The average molecular weight is 247 g/mol. The molecule has 1 aliphatic heterocycles. The van der Waals surface area contributed by atoms with Crippen molar-refractivity contribution >= 4 is 17.6 Å². The molecule has 1 amide bonds. The second-order valence-corrected chi connectivity index (χ2v) is 4.02. The van der Waals surface area contributed by atoms with Gasteiger partial charge in [0.1, 0.15) is 5.75 Å². The summed E-state index contributed by atoms with van der Waals surface area (Å²) >= 11 is 0. The number of hydrogen-bond donors (Lipinski definition) is 2. The summed E-state index contributed by atoms with van der Waals surface area (Å²) in [5, 5.41) is 11.2. The van der Waals surface area contributed by atoms with Crippen LogP contribution < -0.4 is 10.1 Å². The van der Waals surface area contributed by atoms with Gasteiger partial charge in [-0.1, -0.05) is 12.1 Å². The molecule has 0 radical (unpaired) electrons. The predicted molar refractivity (Wildman–Crippen MR) is 65.6 cm³/mol. The largest absolute Gasteiger partial charge is 0.479 e. The van der Waals surface area contributed by atoms with E-state index in [-0.39, 0.29) is 5.91 Å². The number of aliphatic carboxylic acids is 1. The molecule has 1 heterocycles. The molecule has 2 rings (SSSR count). The zero-order valence-corrected chi connectivity index (χ0v) is 9.84. The van der Waals surface area contributed by atoms with Gasteiger partial charge in [0.15, 0.2) is 6.10 Å². The van der Waals surface area contributed by atoms with E-state index in [1.54, 1.807) is 25.1 Å². The molecule has 94 valence electrons. The number of rotatable bonds is 3. The Morgan fingerprint density at radius 1 is 1.56 bits per heavy atom. The van der Waals surface area contributed by atoms with Gasteiger partial charge in [-0.15, -0.1) is 0 Å². The highest BCUT2D eigenvalue weighted by molar-refractivity contribution is 5.97. The molecule has 0 fully saturated rings. The molecule has 1 atom stereocenters. The highest BCUT2D eigenvalue weighted by Crippen LogP contribution is 2.30. The molecule has 0 saturated heterocycles. The van der Waals surface area contributed by atoms with Crippen LogP contribution in [-0.2, 0) is 16.0 Å². The van der Waals surface area contributed by atoms with Gasteiger partial charge in [0.2, 0.25) is 0 Å². The lowest BCUT2D eigenvalue weighted by Gasteiger charge is -2.23. The molecule has 0 saturated carbocycles. The van der Waals surface area contributed by atoms with Gasteiger partial charge in [0, 0.05) is 6.08 Å². The number of amides is 1. The minimum atomic E-state index is -0.974. The summed E-state index contributed by atoms with van der Waals surface area (Å²) in [6, 6.07) is 5.40. The zero-order valence-electron chi connectivity index (χ0n) is 9.84. The van der Waals surface area contributed by atoms with E-state index in [1.807, 2.05) is 6.07 Å². The van der Waals surface area contributed by atoms with Crippen molar-refractivity contribution in [2.75, 3.05) is 5.32 Å². The van der Waals surface area contributed by atoms with Gasteiger partial charge >= 0.3 is 5.97 Å². The van der Waals surface area contributed by atoms with E-state index in [0.717, 1.165) is 11.6 Å². The number of anilines is 1. The van der Waals surface area contributed by atoms with Gasteiger partial charge in [-0.2, -0.15) is 0 Å². The lowest BCUT2D eigenvalue weighted by molar-refractivity contribution is -0.131. The molecular formula is C13H13NO4. The van der Waals surface area contributed by atoms with Crippen LogP contribution in [0.5, 0.6) is 5.75 Å². The molecule has 1 aromatic rings. The maximum atomic E-state index is 11.4. The molecule has 0 aromatic heterocycles. The Morgan fingerprint density at radius 2 is 2.33 bits per heavy atom. The first-order valence-corrected chi connectivity index (χ1v) is 5.56. The molecule has 0 aliphatic carbocycles. The Bertz CT molecular complexity index is 522. The van der Waals surface area contributed by atoms with Crippen LogP contribution in [0.3, 0.4) is 0 Å². The Labute approximate surface area is 104 Å². The number of benzene rings is 1. The average Bonchev–Trinajstić information content (AvgIpc) is 2.30. The van der Waals surface area contributed by atoms with Crippen molar-refractivity contribution in [2.24, 2.45) is 0 Å². The Balaban J connectivity index is 2.15. The number of carboxylic acids is 1. The lowest BCUT2D eigenvalue weighted by Crippen LogP contribution is -2.34. The van der Waals surface area contributed by atoms with Crippen molar-refractivity contribution in [2.45, 2.75) is 19.4 Å². The lowest BCUT2D eigenvalue weighted by atomic mass is 10.1. The Morgan fingerprint density at radius 3 is 3.06 bits per heavy atom. The van der Waals surface area contributed by atoms with E-state index >= 15 is 0 Å². The van der Waals surface area contributed by atoms with Crippen LogP contribution in [0.25, 0.3) is 0 Å². The molecule has 1 unspecified atom stereocenters. The quantitative estimate of drug-likeness (QED) is 0.795. The number of nitrogens with one attached hydrogen (secondary N) is 1. The third-order valence-electron chi connectivity index (χ3n) is 2.59. The van der Waals surface area contributed by atoms with Crippen LogP contribution in [0.1, 0.15) is 12.5 Å². The fourth-order valence-corrected chi connectivity index (χ4v) is 1.68. The SMILES string of the molecule is CC1Oc2ccc(C/C=C/C(=O)O)cc2NC1=O. The van der Waals surface area contributed by atoms with Gasteiger partial charge in [-0.25, -0.2) is 4.79 Å². The van der Waals surface area contributed by atoms with E-state index in [0.29, 0.717) is 17.9 Å². The van der Waals surface area contributed by atoms with Crippen LogP contribution in [0.4, 0.5) is 5.69 Å². The molecule has 0 bridgehead atoms. The van der Waals surface area contributed by atoms with Crippen LogP contribution in [0, 0.1) is 0 Å². The number of allylic oxidation sites excluding steroid dienone is 1. The van der Waals surface area contributed by atoms with Gasteiger partial charge < -0.3 is 15.2 Å². The van der Waals surface area contributed by atoms with Crippen molar-refractivity contribution in [1.29, 1.82) is 0 Å². The van der Waals surface area contributed by atoms with Crippen molar-refractivity contribution in [3.63, 3.8) is 0 Å². The highest BCUT2D eigenvalue weighted by Gasteiger charge is 2.23. The number of carbonyl (C=O) groups is 2. The molecule has 2 N–H and O–H groups in total. The number of carboxylic acid groups (broad SMARTS) is 1. The van der Waals surface area contributed by atoms with Crippen LogP contribution >= 0.6 is 0 Å². The monoisotopic (exact) mass is 247 g/mol. The van der Waals surface area contributed by atoms with Gasteiger partial charge in [-0.05, 0) is 31.0 Å². The first-order chi connectivity index (χ1) is 8.56. The van der Waals surface area contributed by atoms with Crippen LogP contribution in [0.2, 0.25) is 0 Å². The number of hydrogen-bond acceptors (Lipinski definition) is 3. The predicted octanol–water partition coefficient (Wildman–Crippen LogP) is 1.59. The maximum absolute atomic E-state index is 11.4. The molecule has 0 spiro atoms. The summed E-state index contributed by atoms with van der Waals surface area (Å²) in [7, 11) is 0. The molecule has 18 heavy (non-hydrogen) atoms. The second kappa shape index (κ2) is 4.91. The highest BCUT2D eigenvalue weighted by atomic mass is 16.5. The van der Waals surface area contributed by atoms with Crippen molar-refractivity contribution in [3.05, 3.63) is 35.9 Å². The Hall–Kier alpha value is -2.30. The van der Waals surface area contributed by atoms with Gasteiger partial charge in [0.05, 0.1) is 5.69 Å². The number of ether oxygens (including phenoxy) is 1. The standard InChI is InChI=1S/C13H13NO4/c1-8-13(17)14-10-7-9(3-2-4-12(15)16)5-6-11(10)18-8/h2,4-8H,3H2,1H3,(H,14,17)(H,15,16)/b4-2+. The first kappa shape index (κ1) is 12.2. The van der Waals surface area contributed by atoms with Crippen LogP contribution in [0.15, 0.2) is 30.4 Å². The number of carbonyl (C=O) groups excluding carboxylic acids is 1. The minimum Gasteiger partial charge on any atom is -0.479 e.